The highest BCUT2D eigenvalue weighted by Gasteiger charge is 2.09. The lowest BCUT2D eigenvalue weighted by Gasteiger charge is -2.03. The summed E-state index contributed by atoms with van der Waals surface area (Å²) in [5.74, 6) is -1.05. The lowest BCUT2D eigenvalue weighted by molar-refractivity contribution is -0.142. The molecule has 0 aliphatic heterocycles. The molecule has 1 N–H and O–H groups in total. The van der Waals surface area contributed by atoms with E-state index in [0.717, 1.165) is 19.6 Å². The molecular formula is C9H16O4. The Hall–Kier alpha value is -1.32. The van der Waals surface area contributed by atoms with Crippen molar-refractivity contribution in [2.24, 2.45) is 5.92 Å². The average Bonchev–Trinajstić information content (AvgIpc) is 2.02. The molecule has 1 atom stereocenters. The Kier molecular flexibility index (Phi) is 9.60. The van der Waals surface area contributed by atoms with Crippen LogP contribution in [-0.4, -0.2) is 17.0 Å². The maximum absolute atomic E-state index is 10.7. The minimum absolute atomic E-state index is 0.0111. The fraction of sp³-hybridized carbons (Fsp3) is 0.556. The third-order valence-electron chi connectivity index (χ3n) is 1.21. The first-order valence-electron chi connectivity index (χ1n) is 3.96. The maximum atomic E-state index is 10.7. The lowest BCUT2D eigenvalue weighted by Crippen LogP contribution is -2.10. The van der Waals surface area contributed by atoms with E-state index in [4.69, 9.17) is 9.90 Å². The standard InChI is InChI=1S/C7H12O2.C2H4O2/c1-4-6(3)7(8)9-5-2;1-2(3)4/h5-6H,2,4H2,1,3H3;1H3,(H,3,4). The zero-order chi connectivity index (χ0) is 10.9. The van der Waals surface area contributed by atoms with Gasteiger partial charge in [0.15, 0.2) is 0 Å². The van der Waals surface area contributed by atoms with Crippen LogP contribution >= 0.6 is 0 Å². The molecule has 4 nitrogen and oxygen atoms in total. The number of ether oxygens (including phenoxy) is 1. The van der Waals surface area contributed by atoms with Crippen LogP contribution < -0.4 is 0 Å². The van der Waals surface area contributed by atoms with E-state index in [9.17, 15) is 4.79 Å². The van der Waals surface area contributed by atoms with Crippen molar-refractivity contribution in [3.05, 3.63) is 12.8 Å². The summed E-state index contributed by atoms with van der Waals surface area (Å²) >= 11 is 0. The Labute approximate surface area is 78.2 Å². The van der Waals surface area contributed by atoms with Gasteiger partial charge in [0.05, 0.1) is 12.2 Å². The third kappa shape index (κ3) is 13.6. The number of hydrogen-bond donors (Lipinski definition) is 1. The Morgan fingerprint density at radius 1 is 1.62 bits per heavy atom. The van der Waals surface area contributed by atoms with Gasteiger partial charge in [-0.15, -0.1) is 0 Å². The summed E-state index contributed by atoms with van der Waals surface area (Å²) in [6, 6.07) is 0. The molecule has 0 aromatic rings. The van der Waals surface area contributed by atoms with Gasteiger partial charge in [0, 0.05) is 6.92 Å². The van der Waals surface area contributed by atoms with Crippen LogP contribution in [0, 0.1) is 5.92 Å². The summed E-state index contributed by atoms with van der Waals surface area (Å²) in [4.78, 5) is 19.7. The van der Waals surface area contributed by atoms with Gasteiger partial charge in [0.2, 0.25) is 0 Å². The van der Waals surface area contributed by atoms with Gasteiger partial charge in [-0.1, -0.05) is 20.4 Å². The minimum Gasteiger partial charge on any atom is -0.481 e. The molecule has 76 valence electrons. The number of aliphatic carboxylic acids is 1. The number of carboxylic acids is 1. The molecule has 0 bridgehead atoms. The lowest BCUT2D eigenvalue weighted by atomic mass is 10.1. The second-order valence-electron chi connectivity index (χ2n) is 2.43. The van der Waals surface area contributed by atoms with Gasteiger partial charge in [-0.05, 0) is 6.42 Å². The van der Waals surface area contributed by atoms with E-state index < -0.39 is 5.97 Å². The molecule has 0 fully saturated rings. The highest BCUT2D eigenvalue weighted by molar-refractivity contribution is 5.72. The zero-order valence-corrected chi connectivity index (χ0v) is 8.24. The van der Waals surface area contributed by atoms with Crippen molar-refractivity contribution in [1.29, 1.82) is 0 Å². The van der Waals surface area contributed by atoms with Crippen molar-refractivity contribution in [3.8, 4) is 0 Å². The van der Waals surface area contributed by atoms with Crippen LogP contribution in [0.15, 0.2) is 12.8 Å². The molecule has 1 unspecified atom stereocenters. The Balaban J connectivity index is 0. The molecule has 0 heterocycles. The van der Waals surface area contributed by atoms with Crippen molar-refractivity contribution in [2.45, 2.75) is 27.2 Å². The van der Waals surface area contributed by atoms with Crippen LogP contribution in [0.25, 0.3) is 0 Å². The van der Waals surface area contributed by atoms with Crippen LogP contribution in [-0.2, 0) is 14.3 Å². The second kappa shape index (κ2) is 8.77. The largest absolute Gasteiger partial charge is 0.481 e. The molecule has 0 radical (unpaired) electrons. The SMILES string of the molecule is C=COC(=O)C(C)CC.CC(=O)O. The Morgan fingerprint density at radius 2 is 2.00 bits per heavy atom. The number of carboxylic acid groups (broad SMARTS) is 1. The van der Waals surface area contributed by atoms with Crippen molar-refractivity contribution >= 4 is 11.9 Å². The van der Waals surface area contributed by atoms with Gasteiger partial charge in [-0.3, -0.25) is 9.59 Å². The summed E-state index contributed by atoms with van der Waals surface area (Å²) in [6.07, 6.45) is 1.97. The predicted octanol–water partition coefficient (Wildman–Crippen LogP) is 1.81. The van der Waals surface area contributed by atoms with E-state index in [1.54, 1.807) is 0 Å². The fourth-order valence-electron chi connectivity index (χ4n) is 0.365. The molecule has 13 heavy (non-hydrogen) atoms. The number of carbonyl (C=O) groups excluding carboxylic acids is 1. The third-order valence-corrected chi connectivity index (χ3v) is 1.21. The summed E-state index contributed by atoms with van der Waals surface area (Å²) in [5.41, 5.74) is 0. The minimum atomic E-state index is -0.833. The van der Waals surface area contributed by atoms with Crippen LogP contribution in [0.3, 0.4) is 0 Å². The monoisotopic (exact) mass is 188 g/mol. The average molecular weight is 188 g/mol. The second-order valence-corrected chi connectivity index (χ2v) is 2.43. The van der Waals surface area contributed by atoms with Gasteiger partial charge in [0.25, 0.3) is 5.97 Å². The van der Waals surface area contributed by atoms with E-state index in [1.165, 1.54) is 0 Å². The van der Waals surface area contributed by atoms with Crippen molar-refractivity contribution in [1.82, 2.24) is 0 Å². The van der Waals surface area contributed by atoms with Gasteiger partial charge < -0.3 is 9.84 Å². The molecule has 0 saturated heterocycles. The van der Waals surface area contributed by atoms with Crippen molar-refractivity contribution in [3.63, 3.8) is 0 Å². The first-order valence-corrected chi connectivity index (χ1v) is 3.96. The van der Waals surface area contributed by atoms with Crippen molar-refractivity contribution < 1.29 is 19.4 Å². The van der Waals surface area contributed by atoms with E-state index in [1.807, 2.05) is 13.8 Å². The van der Waals surface area contributed by atoms with E-state index in [2.05, 4.69) is 11.3 Å². The summed E-state index contributed by atoms with van der Waals surface area (Å²) in [5, 5.41) is 7.42. The first-order chi connectivity index (χ1) is 5.95. The van der Waals surface area contributed by atoms with Gasteiger partial charge in [-0.25, -0.2) is 0 Å². The summed E-state index contributed by atoms with van der Waals surface area (Å²) < 4.78 is 4.52. The van der Waals surface area contributed by atoms with Gasteiger partial charge in [0.1, 0.15) is 0 Å². The van der Waals surface area contributed by atoms with Crippen molar-refractivity contribution in [2.75, 3.05) is 0 Å². The number of hydrogen-bond acceptors (Lipinski definition) is 3. The number of esters is 1. The number of rotatable bonds is 3. The van der Waals surface area contributed by atoms with Crippen LogP contribution in [0.1, 0.15) is 27.2 Å². The smallest absolute Gasteiger partial charge is 0.313 e. The Morgan fingerprint density at radius 3 is 2.23 bits per heavy atom. The molecular weight excluding hydrogens is 172 g/mol. The van der Waals surface area contributed by atoms with E-state index in [0.29, 0.717) is 0 Å². The van der Waals surface area contributed by atoms with Crippen LogP contribution in [0.5, 0.6) is 0 Å². The van der Waals surface area contributed by atoms with Crippen LogP contribution in [0.2, 0.25) is 0 Å². The van der Waals surface area contributed by atoms with Gasteiger partial charge in [-0.2, -0.15) is 0 Å². The molecule has 4 heteroatoms. The highest BCUT2D eigenvalue weighted by atomic mass is 16.5. The first kappa shape index (κ1) is 14.2. The van der Waals surface area contributed by atoms with Crippen LogP contribution in [0.4, 0.5) is 0 Å². The van der Waals surface area contributed by atoms with Gasteiger partial charge >= 0.3 is 5.97 Å². The molecule has 0 aliphatic carbocycles. The number of carbonyl (C=O) groups is 2. The van der Waals surface area contributed by atoms with E-state index >= 15 is 0 Å². The molecule has 0 rings (SSSR count). The fourth-order valence-corrected chi connectivity index (χ4v) is 0.365. The maximum Gasteiger partial charge on any atom is 0.313 e. The normalized spacial score (nSPS) is 10.4. The van der Waals surface area contributed by atoms with E-state index in [-0.39, 0.29) is 11.9 Å². The summed E-state index contributed by atoms with van der Waals surface area (Å²) in [7, 11) is 0. The topological polar surface area (TPSA) is 63.6 Å². The quantitative estimate of drug-likeness (QED) is 0.542. The zero-order valence-electron chi connectivity index (χ0n) is 8.24. The molecule has 0 amide bonds. The molecule has 0 aromatic heterocycles. The highest BCUT2D eigenvalue weighted by Crippen LogP contribution is 2.02. The molecule has 0 spiro atoms. The predicted molar refractivity (Wildman–Crippen MR) is 49.1 cm³/mol. The molecule has 0 saturated carbocycles. The molecule has 0 aliphatic rings. The molecule has 0 aromatic carbocycles. The summed E-state index contributed by atoms with van der Waals surface area (Å²) in [6.45, 7) is 8.12. The Bertz CT molecular complexity index is 170.